The molecule has 1 amide bonds. The van der Waals surface area contributed by atoms with Crippen LogP contribution in [0, 0.1) is 31.6 Å². The lowest BCUT2D eigenvalue weighted by molar-refractivity contribution is -0.123. The number of carbonyl (C=O) groups is 1. The van der Waals surface area contributed by atoms with Gasteiger partial charge in [0.1, 0.15) is 0 Å². The Balaban J connectivity index is 1.18. The predicted octanol–water partition coefficient (Wildman–Crippen LogP) is 4.15. The molecule has 1 aromatic rings. The lowest BCUT2D eigenvalue weighted by Crippen LogP contribution is -2.47. The number of aryl methyl sites for hydroxylation is 2. The van der Waals surface area contributed by atoms with Gasteiger partial charge in [-0.05, 0) is 69.4 Å². The topological polar surface area (TPSA) is 35.6 Å². The van der Waals surface area contributed by atoms with Crippen LogP contribution in [0.2, 0.25) is 0 Å². The summed E-state index contributed by atoms with van der Waals surface area (Å²) in [6.45, 7) is 12.2. The fourth-order valence-corrected chi connectivity index (χ4v) is 5.46. The Hall–Kier alpha value is -1.55. The first kappa shape index (κ1) is 20.7. The van der Waals surface area contributed by atoms with Crippen LogP contribution in [0.1, 0.15) is 56.6 Å². The van der Waals surface area contributed by atoms with Gasteiger partial charge in [-0.2, -0.15) is 0 Å². The largest absolute Gasteiger partial charge is 0.369 e. The molecule has 2 saturated carbocycles. The summed E-state index contributed by atoms with van der Waals surface area (Å²) in [5, 5.41) is 3.37. The Labute approximate surface area is 177 Å². The molecule has 29 heavy (non-hydrogen) atoms. The molecule has 0 aromatic heterocycles. The van der Waals surface area contributed by atoms with E-state index in [0.717, 1.165) is 45.1 Å². The summed E-state index contributed by atoms with van der Waals surface area (Å²) < 4.78 is 0. The van der Waals surface area contributed by atoms with E-state index in [0.29, 0.717) is 17.9 Å². The van der Waals surface area contributed by atoms with Crippen molar-refractivity contribution in [2.24, 2.45) is 17.8 Å². The van der Waals surface area contributed by atoms with Crippen LogP contribution < -0.4 is 10.2 Å². The molecule has 0 unspecified atom stereocenters. The number of piperazine rings is 1. The van der Waals surface area contributed by atoms with Crippen molar-refractivity contribution in [1.82, 2.24) is 10.2 Å². The van der Waals surface area contributed by atoms with Crippen molar-refractivity contribution >= 4 is 11.6 Å². The zero-order valence-electron chi connectivity index (χ0n) is 18.6. The minimum atomic E-state index is 0.274. The van der Waals surface area contributed by atoms with Gasteiger partial charge in [-0.25, -0.2) is 0 Å². The summed E-state index contributed by atoms with van der Waals surface area (Å²) in [4.78, 5) is 17.7. The van der Waals surface area contributed by atoms with E-state index in [1.807, 2.05) is 0 Å². The van der Waals surface area contributed by atoms with Crippen LogP contribution >= 0.6 is 0 Å². The third-order valence-corrected chi connectivity index (χ3v) is 7.59. The third kappa shape index (κ3) is 5.14. The fraction of sp³-hybridized carbons (Fsp3) is 0.720. The van der Waals surface area contributed by atoms with Crippen molar-refractivity contribution in [3.05, 3.63) is 29.3 Å². The van der Waals surface area contributed by atoms with Gasteiger partial charge in [-0.1, -0.05) is 31.0 Å². The zero-order valence-corrected chi connectivity index (χ0v) is 18.6. The van der Waals surface area contributed by atoms with Gasteiger partial charge in [-0.3, -0.25) is 9.69 Å². The molecule has 1 aromatic carbocycles. The van der Waals surface area contributed by atoms with E-state index >= 15 is 0 Å². The van der Waals surface area contributed by atoms with Gasteiger partial charge in [0.25, 0.3) is 0 Å². The van der Waals surface area contributed by atoms with E-state index in [2.05, 4.69) is 54.1 Å². The first-order valence-electron chi connectivity index (χ1n) is 11.9. The van der Waals surface area contributed by atoms with Gasteiger partial charge in [0, 0.05) is 50.4 Å². The molecule has 4 heteroatoms. The summed E-state index contributed by atoms with van der Waals surface area (Å²) in [6, 6.07) is 7.21. The summed E-state index contributed by atoms with van der Waals surface area (Å²) in [6.07, 6.45) is 7.33. The molecule has 0 spiro atoms. The van der Waals surface area contributed by atoms with E-state index in [1.165, 1.54) is 48.9 Å². The quantitative estimate of drug-likeness (QED) is 0.783. The van der Waals surface area contributed by atoms with Gasteiger partial charge in [0.15, 0.2) is 0 Å². The maximum Gasteiger partial charge on any atom is 0.223 e. The molecule has 1 N–H and O–H groups in total. The van der Waals surface area contributed by atoms with Crippen molar-refractivity contribution < 1.29 is 4.79 Å². The zero-order chi connectivity index (χ0) is 20.4. The molecule has 1 aliphatic heterocycles. The molecular weight excluding hydrogens is 358 g/mol. The molecule has 3 fully saturated rings. The second-order valence-corrected chi connectivity index (χ2v) is 9.81. The highest BCUT2D eigenvalue weighted by Crippen LogP contribution is 2.40. The lowest BCUT2D eigenvalue weighted by atomic mass is 9.84. The number of amides is 1. The normalized spacial score (nSPS) is 30.2. The van der Waals surface area contributed by atoms with Crippen molar-refractivity contribution in [1.29, 1.82) is 0 Å². The fourth-order valence-electron chi connectivity index (χ4n) is 5.46. The smallest absolute Gasteiger partial charge is 0.223 e. The number of benzene rings is 1. The van der Waals surface area contributed by atoms with Crippen molar-refractivity contribution in [2.75, 3.05) is 37.6 Å². The molecule has 1 saturated heterocycles. The minimum Gasteiger partial charge on any atom is -0.369 e. The first-order chi connectivity index (χ1) is 14.0. The molecular formula is C25H39N3O. The van der Waals surface area contributed by atoms with Crippen molar-refractivity contribution in [2.45, 2.75) is 65.3 Å². The molecule has 160 valence electrons. The first-order valence-corrected chi connectivity index (χ1v) is 11.9. The number of anilines is 1. The lowest BCUT2D eigenvalue weighted by Gasteiger charge is -2.37. The Bertz CT molecular complexity index is 702. The molecule has 4 rings (SSSR count). The summed E-state index contributed by atoms with van der Waals surface area (Å²) in [5.41, 5.74) is 4.10. The van der Waals surface area contributed by atoms with E-state index in [4.69, 9.17) is 0 Å². The van der Waals surface area contributed by atoms with Gasteiger partial charge >= 0.3 is 0 Å². The number of nitrogens with one attached hydrogen (secondary N) is 1. The molecule has 0 bridgehead atoms. The van der Waals surface area contributed by atoms with Gasteiger partial charge < -0.3 is 10.2 Å². The number of carbonyl (C=O) groups excluding carboxylic acids is 1. The van der Waals surface area contributed by atoms with Gasteiger partial charge in [0.05, 0.1) is 0 Å². The molecule has 3 aliphatic rings. The standard InChI is InChI=1S/C25H39N3O/c1-4-20-6-8-22(9-7-20)26-25(29)23-16-21(23)17-27-11-13-28(14-12-27)24-10-5-18(2)15-19(24)3/h5,10,15,20-23H,4,6-9,11-14,16-17H2,1-3H3,(H,26,29)/t20?,21-,22?,23+/m0/s1. The van der Waals surface area contributed by atoms with E-state index in [1.54, 1.807) is 0 Å². The average Bonchev–Trinajstić information content (AvgIpc) is 3.49. The number of nitrogens with zero attached hydrogens (tertiary/aromatic N) is 2. The predicted molar refractivity (Wildman–Crippen MR) is 120 cm³/mol. The minimum absolute atomic E-state index is 0.274. The molecule has 0 radical (unpaired) electrons. The SMILES string of the molecule is CCC1CCC(NC(=O)[C@@H]2C[C@H]2CN2CCN(c3ccc(C)cc3C)CC2)CC1. The second kappa shape index (κ2) is 9.07. The summed E-state index contributed by atoms with van der Waals surface area (Å²) >= 11 is 0. The Morgan fingerprint density at radius 3 is 2.45 bits per heavy atom. The highest BCUT2D eigenvalue weighted by Gasteiger charge is 2.44. The Morgan fingerprint density at radius 1 is 1.07 bits per heavy atom. The van der Waals surface area contributed by atoms with Gasteiger partial charge in [-0.15, -0.1) is 0 Å². The highest BCUT2D eigenvalue weighted by molar-refractivity contribution is 5.81. The summed E-state index contributed by atoms with van der Waals surface area (Å²) in [7, 11) is 0. The molecule has 2 aliphatic carbocycles. The number of hydrogen-bond acceptors (Lipinski definition) is 3. The number of rotatable bonds is 6. The van der Waals surface area contributed by atoms with Crippen LogP contribution in [-0.2, 0) is 4.79 Å². The van der Waals surface area contributed by atoms with E-state index in [9.17, 15) is 4.79 Å². The Kier molecular flexibility index (Phi) is 6.48. The van der Waals surface area contributed by atoms with Crippen LogP contribution in [0.25, 0.3) is 0 Å². The van der Waals surface area contributed by atoms with Crippen LogP contribution in [0.15, 0.2) is 18.2 Å². The van der Waals surface area contributed by atoms with Crippen LogP contribution in [0.5, 0.6) is 0 Å². The van der Waals surface area contributed by atoms with Crippen LogP contribution in [0.3, 0.4) is 0 Å². The molecule has 2 atom stereocenters. The monoisotopic (exact) mass is 397 g/mol. The maximum atomic E-state index is 12.6. The van der Waals surface area contributed by atoms with Crippen molar-refractivity contribution in [3.63, 3.8) is 0 Å². The van der Waals surface area contributed by atoms with E-state index in [-0.39, 0.29) is 5.92 Å². The molecule has 4 nitrogen and oxygen atoms in total. The maximum absolute atomic E-state index is 12.6. The van der Waals surface area contributed by atoms with Crippen molar-refractivity contribution in [3.8, 4) is 0 Å². The van der Waals surface area contributed by atoms with Gasteiger partial charge in [0.2, 0.25) is 5.91 Å². The Morgan fingerprint density at radius 2 is 1.79 bits per heavy atom. The number of hydrogen-bond donors (Lipinski definition) is 1. The average molecular weight is 398 g/mol. The summed E-state index contributed by atoms with van der Waals surface area (Å²) in [5.74, 6) is 2.08. The third-order valence-electron chi connectivity index (χ3n) is 7.59. The second-order valence-electron chi connectivity index (χ2n) is 9.81. The van der Waals surface area contributed by atoms with Crippen LogP contribution in [0.4, 0.5) is 5.69 Å². The molecule has 1 heterocycles. The van der Waals surface area contributed by atoms with E-state index < -0.39 is 0 Å². The van der Waals surface area contributed by atoms with Crippen LogP contribution in [-0.4, -0.2) is 49.6 Å². The highest BCUT2D eigenvalue weighted by atomic mass is 16.2.